The Kier molecular flexibility index (Phi) is 6.13. The van der Waals surface area contributed by atoms with E-state index in [1.165, 1.54) is 12.1 Å². The van der Waals surface area contributed by atoms with Crippen molar-refractivity contribution < 1.29 is 9.66 Å². The Morgan fingerprint density at radius 3 is 2.69 bits per heavy atom. The zero-order valence-electron chi connectivity index (χ0n) is 15.5. The molecule has 0 spiro atoms. The number of thioether (sulfide) groups is 1. The van der Waals surface area contributed by atoms with Crippen molar-refractivity contribution in [3.8, 4) is 11.4 Å². The van der Waals surface area contributed by atoms with Gasteiger partial charge in [0.2, 0.25) is 0 Å². The average molecular weight is 431 g/mol. The van der Waals surface area contributed by atoms with Gasteiger partial charge in [-0.05, 0) is 36.6 Å². The number of nitrogens with zero attached hydrogens (tertiary/aromatic N) is 4. The number of ether oxygens (including phenoxy) is 1. The van der Waals surface area contributed by atoms with E-state index in [4.69, 9.17) is 16.3 Å². The van der Waals surface area contributed by atoms with Gasteiger partial charge in [-0.25, -0.2) is 0 Å². The third-order valence-electron chi connectivity index (χ3n) is 4.78. The van der Waals surface area contributed by atoms with E-state index in [-0.39, 0.29) is 11.8 Å². The second kappa shape index (κ2) is 8.94. The standard InChI is InChI=1S/C20H19ClN4O3S/c21-18-6-2-1-4-15(18)13-29-20-23-22-19(24(20)12-17-5-3-11-28-17)14-7-9-16(10-8-14)25(26)27/h1-2,4,6-10,17H,3,5,11-13H2/t17-/m1/s1. The van der Waals surface area contributed by atoms with Crippen molar-refractivity contribution in [3.05, 3.63) is 69.2 Å². The summed E-state index contributed by atoms with van der Waals surface area (Å²) in [4.78, 5) is 10.5. The molecule has 29 heavy (non-hydrogen) atoms. The van der Waals surface area contributed by atoms with Gasteiger partial charge in [-0.3, -0.25) is 14.7 Å². The monoisotopic (exact) mass is 430 g/mol. The zero-order chi connectivity index (χ0) is 20.2. The Morgan fingerprint density at radius 1 is 1.21 bits per heavy atom. The lowest BCUT2D eigenvalue weighted by Gasteiger charge is -2.15. The van der Waals surface area contributed by atoms with Crippen molar-refractivity contribution in [1.82, 2.24) is 14.8 Å². The molecule has 4 rings (SSSR count). The minimum atomic E-state index is -0.411. The predicted molar refractivity (Wildman–Crippen MR) is 112 cm³/mol. The summed E-state index contributed by atoms with van der Waals surface area (Å²) >= 11 is 7.84. The summed E-state index contributed by atoms with van der Waals surface area (Å²) in [5.74, 6) is 1.35. The molecule has 150 valence electrons. The zero-order valence-corrected chi connectivity index (χ0v) is 17.1. The quantitative estimate of drug-likeness (QED) is 0.298. The third kappa shape index (κ3) is 4.60. The van der Waals surface area contributed by atoms with E-state index in [1.54, 1.807) is 23.9 Å². The molecule has 0 N–H and O–H groups in total. The molecule has 0 unspecified atom stereocenters. The van der Waals surface area contributed by atoms with Crippen molar-refractivity contribution in [2.45, 2.75) is 36.4 Å². The highest BCUT2D eigenvalue weighted by Crippen LogP contribution is 2.30. The predicted octanol–water partition coefficient (Wildman–Crippen LogP) is 4.98. The van der Waals surface area contributed by atoms with Crippen LogP contribution in [-0.2, 0) is 17.0 Å². The van der Waals surface area contributed by atoms with E-state index >= 15 is 0 Å². The highest BCUT2D eigenvalue weighted by Gasteiger charge is 2.22. The van der Waals surface area contributed by atoms with Crippen LogP contribution in [0.2, 0.25) is 5.02 Å². The van der Waals surface area contributed by atoms with Crippen molar-refractivity contribution in [1.29, 1.82) is 0 Å². The molecule has 1 aliphatic heterocycles. The average Bonchev–Trinajstić information content (AvgIpc) is 3.38. The van der Waals surface area contributed by atoms with Gasteiger partial charge in [0.25, 0.3) is 5.69 Å². The lowest BCUT2D eigenvalue weighted by molar-refractivity contribution is -0.384. The minimum Gasteiger partial charge on any atom is -0.376 e. The van der Waals surface area contributed by atoms with Crippen molar-refractivity contribution in [3.63, 3.8) is 0 Å². The molecule has 1 saturated heterocycles. The first-order valence-electron chi connectivity index (χ1n) is 9.27. The van der Waals surface area contributed by atoms with Gasteiger partial charge in [0.05, 0.1) is 17.6 Å². The number of hydrogen-bond acceptors (Lipinski definition) is 6. The van der Waals surface area contributed by atoms with Crippen LogP contribution in [0, 0.1) is 10.1 Å². The van der Waals surface area contributed by atoms with Crippen LogP contribution in [0.1, 0.15) is 18.4 Å². The molecule has 2 aromatic carbocycles. The second-order valence-electron chi connectivity index (χ2n) is 6.74. The normalized spacial score (nSPS) is 16.2. The number of rotatable bonds is 7. The van der Waals surface area contributed by atoms with Gasteiger partial charge in [-0.2, -0.15) is 0 Å². The maximum absolute atomic E-state index is 10.9. The number of halogens is 1. The molecule has 0 bridgehead atoms. The number of aromatic nitrogens is 3. The molecule has 9 heteroatoms. The van der Waals surface area contributed by atoms with Gasteiger partial charge in [0.1, 0.15) is 0 Å². The summed E-state index contributed by atoms with van der Waals surface area (Å²) in [6, 6.07) is 14.1. The molecule has 0 radical (unpaired) electrons. The minimum absolute atomic E-state index is 0.0484. The molecule has 2 heterocycles. The van der Waals surface area contributed by atoms with Gasteiger partial charge in [0.15, 0.2) is 11.0 Å². The van der Waals surface area contributed by atoms with Crippen LogP contribution in [0.3, 0.4) is 0 Å². The molecule has 1 aromatic heterocycles. The fourth-order valence-corrected chi connectivity index (χ4v) is 4.49. The summed E-state index contributed by atoms with van der Waals surface area (Å²) in [5.41, 5.74) is 1.86. The lowest BCUT2D eigenvalue weighted by atomic mass is 10.2. The van der Waals surface area contributed by atoms with Crippen LogP contribution in [0.25, 0.3) is 11.4 Å². The maximum Gasteiger partial charge on any atom is 0.269 e. The van der Waals surface area contributed by atoms with Crippen LogP contribution >= 0.6 is 23.4 Å². The largest absolute Gasteiger partial charge is 0.376 e. The number of non-ortho nitro benzene ring substituents is 1. The Morgan fingerprint density at radius 2 is 2.00 bits per heavy atom. The number of benzene rings is 2. The van der Waals surface area contributed by atoms with Crippen LogP contribution in [0.5, 0.6) is 0 Å². The van der Waals surface area contributed by atoms with Crippen LogP contribution < -0.4 is 0 Å². The highest BCUT2D eigenvalue weighted by atomic mass is 35.5. The fraction of sp³-hybridized carbons (Fsp3) is 0.300. The Hall–Kier alpha value is -2.42. The van der Waals surface area contributed by atoms with Gasteiger partial charge >= 0.3 is 0 Å². The number of hydrogen-bond donors (Lipinski definition) is 0. The van der Waals surface area contributed by atoms with Crippen LogP contribution in [-0.4, -0.2) is 32.4 Å². The molecule has 0 amide bonds. The first kappa shape index (κ1) is 19.9. The summed E-state index contributed by atoms with van der Waals surface area (Å²) in [7, 11) is 0. The smallest absolute Gasteiger partial charge is 0.269 e. The molecule has 1 fully saturated rings. The van der Waals surface area contributed by atoms with E-state index in [0.717, 1.165) is 40.8 Å². The van der Waals surface area contributed by atoms with E-state index in [2.05, 4.69) is 10.2 Å². The Bertz CT molecular complexity index is 1000. The third-order valence-corrected chi connectivity index (χ3v) is 6.16. The van der Waals surface area contributed by atoms with E-state index in [9.17, 15) is 10.1 Å². The number of nitro groups is 1. The Balaban J connectivity index is 1.62. The fourth-order valence-electron chi connectivity index (χ4n) is 3.26. The van der Waals surface area contributed by atoms with Gasteiger partial charge in [-0.1, -0.05) is 41.6 Å². The highest BCUT2D eigenvalue weighted by molar-refractivity contribution is 7.98. The van der Waals surface area contributed by atoms with Crippen LogP contribution in [0.4, 0.5) is 5.69 Å². The van der Waals surface area contributed by atoms with E-state index < -0.39 is 4.92 Å². The van der Waals surface area contributed by atoms with E-state index in [0.29, 0.717) is 18.1 Å². The molecule has 1 atom stereocenters. The maximum atomic E-state index is 10.9. The topological polar surface area (TPSA) is 83.1 Å². The summed E-state index contributed by atoms with van der Waals surface area (Å²) < 4.78 is 7.85. The first-order valence-corrected chi connectivity index (χ1v) is 10.6. The Labute approximate surface area is 177 Å². The van der Waals surface area contributed by atoms with Crippen LogP contribution in [0.15, 0.2) is 53.7 Å². The van der Waals surface area contributed by atoms with Crippen molar-refractivity contribution in [2.24, 2.45) is 0 Å². The molecule has 1 aliphatic rings. The van der Waals surface area contributed by atoms with Gasteiger partial charge in [-0.15, -0.1) is 10.2 Å². The SMILES string of the molecule is O=[N+]([O-])c1ccc(-c2nnc(SCc3ccccc3Cl)n2C[C@H]2CCCO2)cc1. The molecule has 0 saturated carbocycles. The summed E-state index contributed by atoms with van der Waals surface area (Å²) in [6.07, 6.45) is 2.15. The number of nitro benzene ring substituents is 1. The van der Waals surface area contributed by atoms with Gasteiger partial charge in [0, 0.05) is 35.1 Å². The molecule has 7 nitrogen and oxygen atoms in total. The van der Waals surface area contributed by atoms with E-state index in [1.807, 2.05) is 28.8 Å². The summed E-state index contributed by atoms with van der Waals surface area (Å²) in [6.45, 7) is 1.41. The molecule has 3 aromatic rings. The van der Waals surface area contributed by atoms with Crippen molar-refractivity contribution in [2.75, 3.05) is 6.61 Å². The lowest BCUT2D eigenvalue weighted by Crippen LogP contribution is -2.16. The second-order valence-corrected chi connectivity index (χ2v) is 8.09. The first-order chi connectivity index (χ1) is 14.1. The molecular formula is C20H19ClN4O3S. The molecular weight excluding hydrogens is 412 g/mol. The van der Waals surface area contributed by atoms with Gasteiger partial charge < -0.3 is 4.74 Å². The molecule has 0 aliphatic carbocycles. The van der Waals surface area contributed by atoms with Crippen molar-refractivity contribution >= 4 is 29.1 Å². The summed E-state index contributed by atoms with van der Waals surface area (Å²) in [5, 5.41) is 21.2.